The molecule has 90 valence electrons. The van der Waals surface area contributed by atoms with Gasteiger partial charge in [-0.1, -0.05) is 12.1 Å². The zero-order valence-corrected chi connectivity index (χ0v) is 8.57. The molecule has 8 nitrogen and oxygen atoms in total. The fraction of sp³-hybridized carbons (Fsp3) is 0.222. The fourth-order valence-corrected chi connectivity index (χ4v) is 1.12. The number of para-hydroxylation sites is 1. The second-order valence-corrected chi connectivity index (χ2v) is 3.04. The van der Waals surface area contributed by atoms with Crippen LogP contribution in [0, 0.1) is 20.2 Å². The van der Waals surface area contributed by atoms with Crippen LogP contribution in [-0.2, 0) is 16.1 Å². The van der Waals surface area contributed by atoms with Gasteiger partial charge in [-0.2, -0.15) is 0 Å². The molecule has 0 radical (unpaired) electrons. The van der Waals surface area contributed by atoms with Crippen molar-refractivity contribution >= 4 is 11.7 Å². The van der Waals surface area contributed by atoms with Crippen LogP contribution in [0.3, 0.4) is 0 Å². The third-order valence-corrected chi connectivity index (χ3v) is 1.84. The molecule has 0 saturated carbocycles. The van der Waals surface area contributed by atoms with Gasteiger partial charge in [-0.25, -0.2) is 4.79 Å². The first-order chi connectivity index (χ1) is 8.00. The van der Waals surface area contributed by atoms with Gasteiger partial charge in [-0.15, -0.1) is 0 Å². The van der Waals surface area contributed by atoms with Crippen molar-refractivity contribution in [1.82, 2.24) is 0 Å². The van der Waals surface area contributed by atoms with Crippen molar-refractivity contribution in [3.8, 4) is 0 Å². The van der Waals surface area contributed by atoms with Gasteiger partial charge in [0.2, 0.25) is 0 Å². The predicted octanol–water partition coefficient (Wildman–Crippen LogP) is 0.915. The Kier molecular flexibility index (Phi) is 4.09. The molecule has 8 heteroatoms. The summed E-state index contributed by atoms with van der Waals surface area (Å²) < 4.78 is 4.54. The number of rotatable bonds is 5. The standard InChI is InChI=1S/C9H8N2O6/c12-9(5-10(13)14)17-6-7-3-1-2-4-8(7)11(15)16/h1-4H,5-6H2. The van der Waals surface area contributed by atoms with Crippen molar-refractivity contribution < 1.29 is 19.4 Å². The second kappa shape index (κ2) is 5.54. The molecule has 0 fully saturated rings. The second-order valence-electron chi connectivity index (χ2n) is 3.04. The summed E-state index contributed by atoms with van der Waals surface area (Å²) in [6.45, 7) is -1.32. The Morgan fingerprint density at radius 2 is 1.88 bits per heavy atom. The predicted molar refractivity (Wildman–Crippen MR) is 54.8 cm³/mol. The molecule has 0 saturated heterocycles. The number of benzene rings is 1. The minimum Gasteiger partial charge on any atom is -0.456 e. The van der Waals surface area contributed by atoms with Crippen molar-refractivity contribution in [2.24, 2.45) is 0 Å². The summed E-state index contributed by atoms with van der Waals surface area (Å²) in [7, 11) is 0. The van der Waals surface area contributed by atoms with Gasteiger partial charge in [0.15, 0.2) is 0 Å². The van der Waals surface area contributed by atoms with Crippen LogP contribution >= 0.6 is 0 Å². The van der Waals surface area contributed by atoms with Gasteiger partial charge in [0.05, 0.1) is 10.5 Å². The first-order valence-electron chi connectivity index (χ1n) is 4.50. The van der Waals surface area contributed by atoms with E-state index < -0.39 is 22.4 Å². The summed E-state index contributed by atoms with van der Waals surface area (Å²) in [5.74, 6) is -1.03. The number of esters is 1. The van der Waals surface area contributed by atoms with E-state index in [1.54, 1.807) is 6.07 Å². The molecular weight excluding hydrogens is 232 g/mol. The lowest BCUT2D eigenvalue weighted by Crippen LogP contribution is -2.16. The highest BCUT2D eigenvalue weighted by Crippen LogP contribution is 2.18. The van der Waals surface area contributed by atoms with Crippen LogP contribution in [0.5, 0.6) is 0 Å². The Bertz CT molecular complexity index is 459. The van der Waals surface area contributed by atoms with E-state index in [4.69, 9.17) is 0 Å². The number of nitro benzene ring substituents is 1. The molecular formula is C9H8N2O6. The fourth-order valence-electron chi connectivity index (χ4n) is 1.12. The molecule has 0 amide bonds. The molecule has 0 unspecified atom stereocenters. The quantitative estimate of drug-likeness (QED) is 0.429. The first kappa shape index (κ1) is 12.6. The molecule has 17 heavy (non-hydrogen) atoms. The van der Waals surface area contributed by atoms with Crippen molar-refractivity contribution in [2.45, 2.75) is 6.61 Å². The Morgan fingerprint density at radius 1 is 1.24 bits per heavy atom. The smallest absolute Gasteiger partial charge is 0.378 e. The Labute approximate surface area is 95.1 Å². The monoisotopic (exact) mass is 240 g/mol. The number of hydrogen-bond acceptors (Lipinski definition) is 6. The molecule has 0 bridgehead atoms. The van der Waals surface area contributed by atoms with Crippen molar-refractivity contribution in [3.05, 3.63) is 50.1 Å². The molecule has 1 aromatic rings. The van der Waals surface area contributed by atoms with E-state index in [2.05, 4.69) is 4.74 Å². The first-order valence-corrected chi connectivity index (χ1v) is 4.50. The van der Waals surface area contributed by atoms with E-state index in [0.29, 0.717) is 0 Å². The van der Waals surface area contributed by atoms with Gasteiger partial charge in [0, 0.05) is 11.0 Å². The zero-order valence-electron chi connectivity index (χ0n) is 8.57. The maximum atomic E-state index is 10.9. The van der Waals surface area contributed by atoms with Crippen molar-refractivity contribution in [2.75, 3.05) is 6.54 Å². The molecule has 0 aliphatic heterocycles. The highest BCUT2D eigenvalue weighted by Gasteiger charge is 2.16. The topological polar surface area (TPSA) is 113 Å². The van der Waals surface area contributed by atoms with E-state index in [9.17, 15) is 25.0 Å². The SMILES string of the molecule is O=C(C[N+](=O)[O-])OCc1ccccc1[N+](=O)[O-]. The van der Waals surface area contributed by atoms with Crippen LogP contribution < -0.4 is 0 Å². The number of nitro groups is 2. The van der Waals surface area contributed by atoms with Crippen LogP contribution in [0.25, 0.3) is 0 Å². The lowest BCUT2D eigenvalue weighted by Gasteiger charge is -2.03. The zero-order chi connectivity index (χ0) is 12.8. The van der Waals surface area contributed by atoms with Gasteiger partial charge in [0.1, 0.15) is 6.61 Å². The highest BCUT2D eigenvalue weighted by molar-refractivity contribution is 5.70. The van der Waals surface area contributed by atoms with E-state index in [1.165, 1.54) is 18.2 Å². The van der Waals surface area contributed by atoms with Crippen LogP contribution in [0.2, 0.25) is 0 Å². The molecule has 0 spiro atoms. The normalized spacial score (nSPS) is 9.65. The molecule has 1 rings (SSSR count). The summed E-state index contributed by atoms with van der Waals surface area (Å²) in [5.41, 5.74) is -0.00407. The third-order valence-electron chi connectivity index (χ3n) is 1.84. The minimum absolute atomic E-state index is 0.189. The molecule has 1 aromatic carbocycles. The number of ether oxygens (including phenoxy) is 1. The Hall–Kier alpha value is -2.51. The summed E-state index contributed by atoms with van der Waals surface area (Å²) in [6, 6.07) is 5.69. The van der Waals surface area contributed by atoms with Gasteiger partial charge in [-0.3, -0.25) is 20.2 Å². The number of nitrogens with zero attached hydrogens (tertiary/aromatic N) is 2. The van der Waals surface area contributed by atoms with Crippen LogP contribution in [-0.4, -0.2) is 22.4 Å². The Morgan fingerprint density at radius 3 is 2.47 bits per heavy atom. The largest absolute Gasteiger partial charge is 0.456 e. The van der Waals surface area contributed by atoms with Gasteiger partial charge in [0.25, 0.3) is 12.2 Å². The van der Waals surface area contributed by atoms with Crippen LogP contribution in [0.1, 0.15) is 5.56 Å². The lowest BCUT2D eigenvalue weighted by molar-refractivity contribution is -0.470. The molecule has 0 aliphatic carbocycles. The van der Waals surface area contributed by atoms with Crippen molar-refractivity contribution in [3.63, 3.8) is 0 Å². The van der Waals surface area contributed by atoms with Gasteiger partial charge < -0.3 is 4.74 Å². The van der Waals surface area contributed by atoms with E-state index in [-0.39, 0.29) is 17.9 Å². The molecule has 0 aromatic heterocycles. The highest BCUT2D eigenvalue weighted by atomic mass is 16.6. The molecule has 0 aliphatic rings. The maximum Gasteiger partial charge on any atom is 0.378 e. The summed E-state index contributed by atoms with van der Waals surface area (Å²) in [6.07, 6.45) is 0. The van der Waals surface area contributed by atoms with Crippen molar-refractivity contribution in [1.29, 1.82) is 0 Å². The minimum atomic E-state index is -1.03. The Balaban J connectivity index is 2.66. The van der Waals surface area contributed by atoms with E-state index in [0.717, 1.165) is 0 Å². The van der Waals surface area contributed by atoms with Crippen LogP contribution in [0.4, 0.5) is 5.69 Å². The summed E-state index contributed by atoms with van der Waals surface area (Å²) >= 11 is 0. The number of hydrogen-bond donors (Lipinski definition) is 0. The van der Waals surface area contributed by atoms with E-state index in [1.807, 2.05) is 0 Å². The van der Waals surface area contributed by atoms with Gasteiger partial charge in [-0.05, 0) is 6.07 Å². The van der Waals surface area contributed by atoms with Gasteiger partial charge >= 0.3 is 5.97 Å². The van der Waals surface area contributed by atoms with Crippen LogP contribution in [0.15, 0.2) is 24.3 Å². The average molecular weight is 240 g/mol. The summed E-state index contributed by atoms with van der Waals surface area (Å²) in [4.78, 5) is 30.0. The molecule has 0 heterocycles. The maximum absolute atomic E-state index is 10.9. The molecule has 0 atom stereocenters. The lowest BCUT2D eigenvalue weighted by atomic mass is 10.2. The number of carbonyl (C=O) groups is 1. The average Bonchev–Trinajstić information content (AvgIpc) is 2.25. The third kappa shape index (κ3) is 3.86. The van der Waals surface area contributed by atoms with E-state index >= 15 is 0 Å². The molecule has 0 N–H and O–H groups in total. The summed E-state index contributed by atoms with van der Waals surface area (Å²) in [5, 5.41) is 20.6. The number of carbonyl (C=O) groups excluding carboxylic acids is 1.